The van der Waals surface area contributed by atoms with Crippen LogP contribution in [0, 0.1) is 0 Å². The molecule has 226 valence electrons. The molecule has 0 atom stereocenters. The molecule has 3 heteroatoms. The summed E-state index contributed by atoms with van der Waals surface area (Å²) in [6.45, 7) is 4.64. The lowest BCUT2D eigenvalue weighted by Gasteiger charge is -2.22. The van der Waals surface area contributed by atoms with E-state index in [4.69, 9.17) is 14.4 Å². The molecule has 0 saturated carbocycles. The highest BCUT2D eigenvalue weighted by Crippen LogP contribution is 2.49. The van der Waals surface area contributed by atoms with Gasteiger partial charge < -0.3 is 4.42 Å². The van der Waals surface area contributed by atoms with Crippen LogP contribution in [0.1, 0.15) is 25.0 Å². The molecule has 0 fully saturated rings. The van der Waals surface area contributed by atoms with Crippen LogP contribution >= 0.6 is 0 Å². The molecule has 2 aromatic heterocycles. The third kappa shape index (κ3) is 3.94. The van der Waals surface area contributed by atoms with Crippen molar-refractivity contribution in [2.45, 2.75) is 19.3 Å². The maximum atomic E-state index is 6.38. The Morgan fingerprint density at radius 2 is 1.21 bits per heavy atom. The lowest BCUT2D eigenvalue weighted by atomic mass is 9.82. The first-order chi connectivity index (χ1) is 23.5. The Bertz CT molecular complexity index is 2770. The maximum absolute atomic E-state index is 6.38. The van der Waals surface area contributed by atoms with Gasteiger partial charge in [-0.05, 0) is 75.2 Å². The zero-order chi connectivity index (χ0) is 32.0. The monoisotopic (exact) mass is 614 g/mol. The van der Waals surface area contributed by atoms with Crippen molar-refractivity contribution in [3.63, 3.8) is 0 Å². The zero-order valence-electron chi connectivity index (χ0n) is 26.7. The number of fused-ring (bicyclic) bond motifs is 9. The predicted molar refractivity (Wildman–Crippen MR) is 198 cm³/mol. The first-order valence-corrected chi connectivity index (χ1v) is 16.5. The number of nitrogens with zero attached hydrogens (tertiary/aromatic N) is 2. The second-order valence-corrected chi connectivity index (χ2v) is 13.4. The minimum atomic E-state index is -0.0876. The number of benzene rings is 7. The van der Waals surface area contributed by atoms with E-state index in [0.29, 0.717) is 5.82 Å². The third-order valence-corrected chi connectivity index (χ3v) is 10.3. The Morgan fingerprint density at radius 3 is 2.15 bits per heavy atom. The highest BCUT2D eigenvalue weighted by Gasteiger charge is 2.35. The summed E-state index contributed by atoms with van der Waals surface area (Å²) in [5.74, 6) is 0.717. The Labute approximate surface area is 278 Å². The van der Waals surface area contributed by atoms with E-state index >= 15 is 0 Å². The van der Waals surface area contributed by atoms with Gasteiger partial charge in [0, 0.05) is 38.1 Å². The fraction of sp³-hybridized carbons (Fsp3) is 0.0667. The van der Waals surface area contributed by atoms with E-state index in [9.17, 15) is 0 Å². The number of hydrogen-bond donors (Lipinski definition) is 0. The number of hydrogen-bond acceptors (Lipinski definition) is 3. The molecule has 7 aromatic carbocycles. The molecule has 1 aliphatic rings. The molecule has 0 aliphatic heterocycles. The summed E-state index contributed by atoms with van der Waals surface area (Å²) in [4.78, 5) is 10.4. The normalized spacial score (nSPS) is 13.4. The third-order valence-electron chi connectivity index (χ3n) is 10.3. The smallest absolute Gasteiger partial charge is 0.160 e. The predicted octanol–water partition coefficient (Wildman–Crippen LogP) is 12.0. The summed E-state index contributed by atoms with van der Waals surface area (Å²) in [5, 5.41) is 5.60. The first kappa shape index (κ1) is 27.1. The lowest BCUT2D eigenvalue weighted by molar-refractivity contribution is 0.660. The molecule has 0 bridgehead atoms. The maximum Gasteiger partial charge on any atom is 0.160 e. The van der Waals surface area contributed by atoms with Crippen molar-refractivity contribution in [2.75, 3.05) is 0 Å². The zero-order valence-corrected chi connectivity index (χ0v) is 26.7. The van der Waals surface area contributed by atoms with Crippen LogP contribution in [0.2, 0.25) is 0 Å². The van der Waals surface area contributed by atoms with Crippen LogP contribution in [-0.4, -0.2) is 9.97 Å². The van der Waals surface area contributed by atoms with Crippen LogP contribution < -0.4 is 0 Å². The van der Waals surface area contributed by atoms with Crippen molar-refractivity contribution in [3.05, 3.63) is 157 Å². The molecule has 0 radical (unpaired) electrons. The van der Waals surface area contributed by atoms with Crippen LogP contribution in [0.3, 0.4) is 0 Å². The molecular weight excluding hydrogens is 585 g/mol. The van der Waals surface area contributed by atoms with Gasteiger partial charge in [-0.1, -0.05) is 123 Å². The van der Waals surface area contributed by atoms with E-state index in [1.165, 1.54) is 22.3 Å². The molecule has 0 amide bonds. The minimum Gasteiger partial charge on any atom is -0.455 e. The first-order valence-electron chi connectivity index (χ1n) is 16.5. The summed E-state index contributed by atoms with van der Waals surface area (Å²) in [6.07, 6.45) is 0. The number of furan rings is 1. The van der Waals surface area contributed by atoms with Gasteiger partial charge in [-0.2, -0.15) is 0 Å². The summed E-state index contributed by atoms with van der Waals surface area (Å²) in [7, 11) is 0. The van der Waals surface area contributed by atoms with Crippen molar-refractivity contribution in [2.24, 2.45) is 0 Å². The second kappa shape index (κ2) is 9.97. The minimum absolute atomic E-state index is 0.0876. The van der Waals surface area contributed by atoms with Crippen LogP contribution in [0.25, 0.3) is 88.5 Å². The van der Waals surface area contributed by atoms with E-state index in [1.807, 2.05) is 12.1 Å². The molecule has 10 rings (SSSR count). The Kier molecular flexibility index (Phi) is 5.63. The van der Waals surface area contributed by atoms with Crippen molar-refractivity contribution in [1.82, 2.24) is 9.97 Å². The molecule has 9 aromatic rings. The van der Waals surface area contributed by atoms with Crippen molar-refractivity contribution in [3.8, 4) is 44.9 Å². The highest BCUT2D eigenvalue weighted by molar-refractivity contribution is 6.15. The molecular formula is C45H30N2O. The van der Waals surface area contributed by atoms with E-state index < -0.39 is 0 Å². The molecule has 0 N–H and O–H groups in total. The van der Waals surface area contributed by atoms with Crippen molar-refractivity contribution < 1.29 is 4.42 Å². The molecule has 0 spiro atoms. The topological polar surface area (TPSA) is 38.9 Å². The summed E-state index contributed by atoms with van der Waals surface area (Å²) < 4.78 is 6.38. The van der Waals surface area contributed by atoms with E-state index in [-0.39, 0.29) is 5.41 Å². The standard InChI is InChI=1S/C45H30N2O/c1-45(2)38-15-6-3-12-32(38)33-22-21-30(26-39(33)45)42-36-14-4-7-16-40(36)46-44(47-42)31-11-9-10-28(24-31)29-19-18-27-20-23-35-34-13-5-8-17-41(34)48-43(35)37(27)25-29/h3-26H,1-2H3. The van der Waals surface area contributed by atoms with Crippen LogP contribution in [0.5, 0.6) is 0 Å². The van der Waals surface area contributed by atoms with Crippen LogP contribution in [0.15, 0.2) is 150 Å². The van der Waals surface area contributed by atoms with E-state index in [1.54, 1.807) is 0 Å². The van der Waals surface area contributed by atoms with Gasteiger partial charge in [-0.3, -0.25) is 0 Å². The molecule has 1 aliphatic carbocycles. The van der Waals surface area contributed by atoms with Gasteiger partial charge in [0.05, 0.1) is 11.2 Å². The van der Waals surface area contributed by atoms with Crippen LogP contribution in [0.4, 0.5) is 0 Å². The van der Waals surface area contributed by atoms with Gasteiger partial charge in [0.2, 0.25) is 0 Å². The molecule has 0 unspecified atom stereocenters. The summed E-state index contributed by atoms with van der Waals surface area (Å²) >= 11 is 0. The summed E-state index contributed by atoms with van der Waals surface area (Å²) in [5.41, 5.74) is 13.3. The van der Waals surface area contributed by atoms with E-state index in [2.05, 4.69) is 147 Å². The SMILES string of the molecule is CC1(C)c2ccccc2-c2ccc(-c3nc(-c4cccc(-c5ccc6ccc7c8ccccc8oc7c6c5)c4)nc4ccccc34)cc21. The quantitative estimate of drug-likeness (QED) is 0.199. The van der Waals surface area contributed by atoms with Gasteiger partial charge in [0.25, 0.3) is 0 Å². The van der Waals surface area contributed by atoms with Gasteiger partial charge in [-0.25, -0.2) is 9.97 Å². The Balaban J connectivity index is 1.11. The largest absolute Gasteiger partial charge is 0.455 e. The summed E-state index contributed by atoms with van der Waals surface area (Å²) in [6, 6.07) is 51.7. The number of para-hydroxylation sites is 2. The van der Waals surface area contributed by atoms with Crippen molar-refractivity contribution >= 4 is 43.6 Å². The number of rotatable bonds is 3. The molecule has 3 nitrogen and oxygen atoms in total. The lowest BCUT2D eigenvalue weighted by Crippen LogP contribution is -2.14. The average Bonchev–Trinajstić information content (AvgIpc) is 3.63. The van der Waals surface area contributed by atoms with Crippen molar-refractivity contribution in [1.29, 1.82) is 0 Å². The van der Waals surface area contributed by atoms with Gasteiger partial charge in [0.15, 0.2) is 5.82 Å². The fourth-order valence-electron chi connectivity index (χ4n) is 7.80. The average molecular weight is 615 g/mol. The molecule has 0 saturated heterocycles. The second-order valence-electron chi connectivity index (χ2n) is 13.4. The fourth-order valence-corrected chi connectivity index (χ4v) is 7.80. The molecule has 48 heavy (non-hydrogen) atoms. The van der Waals surface area contributed by atoms with E-state index in [0.717, 1.165) is 71.6 Å². The van der Waals surface area contributed by atoms with Gasteiger partial charge in [-0.15, -0.1) is 0 Å². The molecule has 2 heterocycles. The number of aromatic nitrogens is 2. The van der Waals surface area contributed by atoms with Crippen LogP contribution in [-0.2, 0) is 5.41 Å². The highest BCUT2D eigenvalue weighted by atomic mass is 16.3. The Hall–Kier alpha value is -6.06. The Morgan fingerprint density at radius 1 is 0.479 bits per heavy atom. The van der Waals surface area contributed by atoms with Gasteiger partial charge in [0.1, 0.15) is 11.2 Å². The van der Waals surface area contributed by atoms with Gasteiger partial charge >= 0.3 is 0 Å².